The van der Waals surface area contributed by atoms with Crippen LogP contribution in [0.4, 0.5) is 10.5 Å². The molecule has 1 aromatic carbocycles. The van der Waals surface area contributed by atoms with Gasteiger partial charge >= 0.3 is 6.03 Å². The number of benzene rings is 1. The number of methoxy groups -OCH3 is 1. The number of fused-ring (bicyclic) bond motifs is 1. The van der Waals surface area contributed by atoms with Crippen LogP contribution in [0.5, 0.6) is 5.75 Å². The first-order valence-corrected chi connectivity index (χ1v) is 12.3. The van der Waals surface area contributed by atoms with Gasteiger partial charge in [-0.2, -0.15) is 0 Å². The molecule has 2 aliphatic heterocycles. The van der Waals surface area contributed by atoms with Gasteiger partial charge < -0.3 is 34.9 Å². The Morgan fingerprint density at radius 1 is 1.17 bits per heavy atom. The van der Waals surface area contributed by atoms with Gasteiger partial charge in [0.05, 0.1) is 57.2 Å². The predicted molar refractivity (Wildman–Crippen MR) is 133 cm³/mol. The molecule has 0 radical (unpaired) electrons. The van der Waals surface area contributed by atoms with Gasteiger partial charge in [-0.25, -0.2) is 4.79 Å². The van der Waals surface area contributed by atoms with Gasteiger partial charge in [-0.1, -0.05) is 12.1 Å². The Kier molecular flexibility index (Phi) is 9.10. The summed E-state index contributed by atoms with van der Waals surface area (Å²) in [4.78, 5) is 31.4. The van der Waals surface area contributed by atoms with Crippen LogP contribution in [0.1, 0.15) is 24.8 Å². The highest BCUT2D eigenvalue weighted by Crippen LogP contribution is 2.29. The third-order valence-electron chi connectivity index (χ3n) is 6.49. The lowest BCUT2D eigenvalue weighted by molar-refractivity contribution is -0.149. The first-order chi connectivity index (χ1) is 17.5. The van der Waals surface area contributed by atoms with Gasteiger partial charge in [0.1, 0.15) is 11.9 Å². The van der Waals surface area contributed by atoms with Crippen LogP contribution in [-0.4, -0.2) is 84.7 Å². The molecular weight excluding hydrogens is 464 g/mol. The number of aromatic nitrogens is 1. The number of ether oxygens (including phenoxy) is 3. The topological polar surface area (TPSA) is 122 Å². The van der Waals surface area contributed by atoms with Gasteiger partial charge in [-0.3, -0.25) is 9.78 Å². The highest BCUT2D eigenvalue weighted by atomic mass is 16.5. The average Bonchev–Trinajstić information content (AvgIpc) is 2.87. The standard InChI is InChI=1S/C26H34N4O6/c1-34-23-5-3-2-4-21(23)29-26(33)30-15-19(31)16-35-17-24-22(30)7-6-20(36-24)14-25(32)28-13-10-18-8-11-27-12-9-18/h2-5,8-9,11-12,19-20,22,24,31H,6-7,10,13-17H2,1H3,(H,28,32)(H,29,33)/t19-,20+,22-,24+/m1/s1. The van der Waals surface area contributed by atoms with Crippen LogP contribution >= 0.6 is 0 Å². The number of para-hydroxylation sites is 2. The van der Waals surface area contributed by atoms with Crippen molar-refractivity contribution in [2.45, 2.75) is 50.0 Å². The van der Waals surface area contributed by atoms with E-state index in [1.807, 2.05) is 24.3 Å². The minimum Gasteiger partial charge on any atom is -0.495 e. The number of rotatable bonds is 7. The van der Waals surface area contributed by atoms with Gasteiger partial charge in [0.2, 0.25) is 5.91 Å². The molecule has 3 amide bonds. The number of pyridine rings is 1. The van der Waals surface area contributed by atoms with E-state index < -0.39 is 12.2 Å². The minimum absolute atomic E-state index is 0.0690. The Morgan fingerprint density at radius 2 is 1.97 bits per heavy atom. The maximum atomic E-state index is 13.3. The molecule has 3 N–H and O–H groups in total. The molecule has 0 saturated carbocycles. The first kappa shape index (κ1) is 25.9. The molecule has 0 unspecified atom stereocenters. The maximum absolute atomic E-state index is 13.3. The third kappa shape index (κ3) is 6.93. The van der Waals surface area contributed by atoms with Gasteiger partial charge in [-0.15, -0.1) is 0 Å². The first-order valence-electron chi connectivity index (χ1n) is 12.3. The number of amides is 3. The number of aliphatic hydroxyl groups is 1. The van der Waals surface area contributed by atoms with Crippen LogP contribution in [0.3, 0.4) is 0 Å². The Morgan fingerprint density at radius 3 is 2.78 bits per heavy atom. The third-order valence-corrected chi connectivity index (χ3v) is 6.49. The lowest BCUT2D eigenvalue weighted by Crippen LogP contribution is -2.58. The number of aliphatic hydroxyl groups excluding tert-OH is 1. The number of nitrogens with one attached hydrogen (secondary N) is 2. The Balaban J connectivity index is 1.34. The van der Waals surface area contributed by atoms with Crippen molar-refractivity contribution in [2.24, 2.45) is 0 Å². The van der Waals surface area contributed by atoms with Crippen molar-refractivity contribution < 1.29 is 28.9 Å². The molecule has 10 nitrogen and oxygen atoms in total. The summed E-state index contributed by atoms with van der Waals surface area (Å²) in [7, 11) is 1.54. The van der Waals surface area contributed by atoms with E-state index >= 15 is 0 Å². The second-order valence-electron chi connectivity index (χ2n) is 9.07. The number of β-amino-alcohol motifs (C(OH)–C–C–N with tert-alkyl or cyclic N) is 1. The van der Waals surface area contributed by atoms with Crippen LogP contribution in [-0.2, 0) is 20.7 Å². The fraction of sp³-hybridized carbons (Fsp3) is 0.500. The fourth-order valence-corrected chi connectivity index (χ4v) is 4.68. The van der Waals surface area contributed by atoms with E-state index in [-0.39, 0.29) is 50.3 Å². The number of carbonyl (C=O) groups excluding carboxylic acids is 2. The zero-order valence-corrected chi connectivity index (χ0v) is 20.5. The molecule has 1 aromatic heterocycles. The molecule has 2 saturated heterocycles. The molecule has 0 aliphatic carbocycles. The quantitative estimate of drug-likeness (QED) is 0.534. The van der Waals surface area contributed by atoms with E-state index in [0.717, 1.165) is 12.0 Å². The Bertz CT molecular complexity index is 1010. The highest BCUT2D eigenvalue weighted by Gasteiger charge is 2.40. The molecule has 2 fully saturated rings. The van der Waals surface area contributed by atoms with E-state index in [9.17, 15) is 14.7 Å². The summed E-state index contributed by atoms with van der Waals surface area (Å²) >= 11 is 0. The van der Waals surface area contributed by atoms with Gasteiger partial charge in [0.15, 0.2) is 0 Å². The summed E-state index contributed by atoms with van der Waals surface area (Å²) in [6.45, 7) is 0.997. The fourth-order valence-electron chi connectivity index (χ4n) is 4.68. The Labute approximate surface area is 210 Å². The molecule has 2 aliphatic rings. The van der Waals surface area contributed by atoms with Crippen molar-refractivity contribution in [1.82, 2.24) is 15.2 Å². The number of nitrogens with zero attached hydrogens (tertiary/aromatic N) is 2. The second-order valence-corrected chi connectivity index (χ2v) is 9.07. The molecular formula is C26H34N4O6. The molecule has 36 heavy (non-hydrogen) atoms. The Hall–Kier alpha value is -3.21. The van der Waals surface area contributed by atoms with Gasteiger partial charge in [-0.05, 0) is 49.1 Å². The number of carbonyl (C=O) groups is 2. The molecule has 4 rings (SSSR count). The molecule has 0 spiro atoms. The highest BCUT2D eigenvalue weighted by molar-refractivity contribution is 5.91. The minimum atomic E-state index is -0.807. The maximum Gasteiger partial charge on any atom is 0.322 e. The van der Waals surface area contributed by atoms with Crippen LogP contribution in [0, 0.1) is 0 Å². The van der Waals surface area contributed by atoms with Crippen LogP contribution in [0.25, 0.3) is 0 Å². The van der Waals surface area contributed by atoms with E-state index in [0.29, 0.717) is 30.8 Å². The zero-order chi connectivity index (χ0) is 25.3. The van der Waals surface area contributed by atoms with E-state index in [1.54, 1.807) is 36.5 Å². The van der Waals surface area contributed by atoms with Crippen molar-refractivity contribution in [3.8, 4) is 5.75 Å². The predicted octanol–water partition coefficient (Wildman–Crippen LogP) is 1.98. The summed E-state index contributed by atoms with van der Waals surface area (Å²) in [6.07, 6.45) is 4.23. The lowest BCUT2D eigenvalue weighted by atomic mass is 9.95. The molecule has 4 atom stereocenters. The van der Waals surface area contributed by atoms with E-state index in [1.165, 1.54) is 0 Å². The molecule has 0 bridgehead atoms. The van der Waals surface area contributed by atoms with Crippen molar-refractivity contribution in [1.29, 1.82) is 0 Å². The molecule has 194 valence electrons. The summed E-state index contributed by atoms with van der Waals surface area (Å²) in [6, 6.07) is 10.4. The number of hydrogen-bond donors (Lipinski definition) is 3. The van der Waals surface area contributed by atoms with Crippen LogP contribution in [0.15, 0.2) is 48.8 Å². The van der Waals surface area contributed by atoms with Crippen molar-refractivity contribution in [3.05, 3.63) is 54.4 Å². The summed E-state index contributed by atoms with van der Waals surface area (Å²) in [5, 5.41) is 16.2. The monoisotopic (exact) mass is 498 g/mol. The van der Waals surface area contributed by atoms with E-state index in [4.69, 9.17) is 14.2 Å². The van der Waals surface area contributed by atoms with Gasteiger partial charge in [0, 0.05) is 18.9 Å². The smallest absolute Gasteiger partial charge is 0.322 e. The number of urea groups is 1. The van der Waals surface area contributed by atoms with Crippen molar-refractivity contribution >= 4 is 17.6 Å². The van der Waals surface area contributed by atoms with E-state index in [2.05, 4.69) is 15.6 Å². The lowest BCUT2D eigenvalue weighted by Gasteiger charge is -2.44. The molecule has 3 heterocycles. The van der Waals surface area contributed by atoms with Crippen molar-refractivity contribution in [3.63, 3.8) is 0 Å². The zero-order valence-electron chi connectivity index (χ0n) is 20.5. The summed E-state index contributed by atoms with van der Waals surface area (Å²) in [5.74, 6) is 0.480. The van der Waals surface area contributed by atoms with Gasteiger partial charge in [0.25, 0.3) is 0 Å². The largest absolute Gasteiger partial charge is 0.495 e. The average molecular weight is 499 g/mol. The number of anilines is 1. The molecule has 10 heteroatoms. The van der Waals surface area contributed by atoms with Crippen LogP contribution < -0.4 is 15.4 Å². The second kappa shape index (κ2) is 12.7. The van der Waals surface area contributed by atoms with Crippen LogP contribution in [0.2, 0.25) is 0 Å². The normalized spacial score (nSPS) is 24.1. The summed E-state index contributed by atoms with van der Waals surface area (Å²) < 4.78 is 17.2. The van der Waals surface area contributed by atoms with Crippen molar-refractivity contribution in [2.75, 3.05) is 38.7 Å². The molecule has 2 aromatic rings. The number of hydrogen-bond acceptors (Lipinski definition) is 7. The summed E-state index contributed by atoms with van der Waals surface area (Å²) in [5.41, 5.74) is 1.66. The SMILES string of the molecule is COc1ccccc1NC(=O)N1C[C@@H](O)COC[C@@H]2O[C@H](CC(=O)NCCc3ccncc3)CC[C@H]21.